The Hall–Kier alpha value is -4.30. The van der Waals surface area contributed by atoms with Crippen molar-refractivity contribution in [1.29, 1.82) is 0 Å². The van der Waals surface area contributed by atoms with Crippen molar-refractivity contribution in [3.8, 4) is 11.5 Å². The number of guanidine groups is 1. The highest BCUT2D eigenvalue weighted by molar-refractivity contribution is 7.53. The number of carboxylic acids is 1. The molecule has 11 heteroatoms. The quantitative estimate of drug-likeness (QED) is 0.411. The number of nitrogens with zero attached hydrogens (tertiary/aromatic N) is 3. The number of carboxylic acid groups (broad SMARTS) is 1. The van der Waals surface area contributed by atoms with Crippen LogP contribution < -0.4 is 9.05 Å². The molecule has 1 fully saturated rings. The molecule has 3 aromatic carbocycles. The average molecular weight is 509 g/mol. The van der Waals surface area contributed by atoms with Crippen molar-refractivity contribution in [2.24, 2.45) is 4.99 Å². The minimum absolute atomic E-state index is 0.0337. The van der Waals surface area contributed by atoms with Crippen LogP contribution in [-0.2, 0) is 20.7 Å². The van der Waals surface area contributed by atoms with E-state index in [0.717, 1.165) is 5.56 Å². The number of benzene rings is 3. The number of carbonyl (C=O) groups excluding carboxylic acids is 1. The molecule has 0 unspecified atom stereocenters. The van der Waals surface area contributed by atoms with E-state index in [2.05, 4.69) is 4.99 Å². The van der Waals surface area contributed by atoms with Crippen LogP contribution in [0.2, 0.25) is 0 Å². The number of aliphatic carboxylic acids is 1. The second kappa shape index (κ2) is 11.4. The zero-order chi connectivity index (χ0) is 25.4. The van der Waals surface area contributed by atoms with Gasteiger partial charge in [-0.25, -0.2) is 14.0 Å². The lowest BCUT2D eigenvalue weighted by molar-refractivity contribution is -0.137. The summed E-state index contributed by atoms with van der Waals surface area (Å²) in [6, 6.07) is 25.8. The van der Waals surface area contributed by atoms with Crippen LogP contribution in [0.1, 0.15) is 5.56 Å². The minimum atomic E-state index is -4.22. The predicted octanol–water partition coefficient (Wildman–Crippen LogP) is 4.65. The molecule has 0 atom stereocenters. The Labute approximate surface area is 207 Å². The van der Waals surface area contributed by atoms with Gasteiger partial charge in [0.25, 0.3) is 0 Å². The first-order valence-corrected chi connectivity index (χ1v) is 12.6. The fraction of sp³-hybridized carbons (Fsp3) is 0.160. The summed E-state index contributed by atoms with van der Waals surface area (Å²) in [5.74, 6) is -0.797. The number of aliphatic imine (C=N–C) groups is 1. The van der Waals surface area contributed by atoms with E-state index < -0.39 is 26.4 Å². The van der Waals surface area contributed by atoms with Crippen molar-refractivity contribution < 1.29 is 33.0 Å². The second-order valence-electron chi connectivity index (χ2n) is 7.67. The lowest BCUT2D eigenvalue weighted by Crippen LogP contribution is -2.37. The maximum Gasteiger partial charge on any atom is 0.546 e. The van der Waals surface area contributed by atoms with Gasteiger partial charge in [0.2, 0.25) is 5.96 Å². The molecular formula is C25H24N3O7P. The Bertz CT molecular complexity index is 1210. The van der Waals surface area contributed by atoms with Gasteiger partial charge >= 0.3 is 19.8 Å². The van der Waals surface area contributed by atoms with Crippen molar-refractivity contribution >= 4 is 25.8 Å². The molecule has 36 heavy (non-hydrogen) atoms. The van der Waals surface area contributed by atoms with Crippen LogP contribution in [-0.4, -0.2) is 52.3 Å². The summed E-state index contributed by atoms with van der Waals surface area (Å²) in [6.45, 7) is -0.349. The van der Waals surface area contributed by atoms with Gasteiger partial charge in [-0.05, 0) is 29.8 Å². The Kier molecular flexibility index (Phi) is 7.87. The van der Waals surface area contributed by atoms with Crippen LogP contribution in [0.3, 0.4) is 0 Å². The number of rotatable bonds is 9. The summed E-state index contributed by atoms with van der Waals surface area (Å²) in [6.07, 6.45) is -0.970. The van der Waals surface area contributed by atoms with Gasteiger partial charge in [-0.3, -0.25) is 4.79 Å². The molecule has 0 saturated carbocycles. The molecule has 1 N–H and O–H groups in total. The van der Waals surface area contributed by atoms with Crippen LogP contribution in [0.5, 0.6) is 11.5 Å². The first-order chi connectivity index (χ1) is 17.4. The van der Waals surface area contributed by atoms with E-state index in [-0.39, 0.29) is 37.2 Å². The third-order valence-corrected chi connectivity index (χ3v) is 6.89. The highest BCUT2D eigenvalue weighted by Crippen LogP contribution is 2.53. The molecule has 186 valence electrons. The second-order valence-corrected chi connectivity index (χ2v) is 9.45. The number of carbonyl (C=O) groups is 2. The monoisotopic (exact) mass is 509 g/mol. The SMILES string of the molecule is O=C(O)CN1CCN(P(=O)(Oc2ccccc2)Oc2ccccc2)/C1=N\C(=O)OCc1ccccc1. The zero-order valence-corrected chi connectivity index (χ0v) is 20.1. The smallest absolute Gasteiger partial charge is 0.480 e. The lowest BCUT2D eigenvalue weighted by Gasteiger charge is -2.28. The van der Waals surface area contributed by atoms with Gasteiger partial charge in [-0.15, -0.1) is 4.99 Å². The van der Waals surface area contributed by atoms with E-state index in [9.17, 15) is 19.3 Å². The van der Waals surface area contributed by atoms with Crippen LogP contribution in [0.25, 0.3) is 0 Å². The van der Waals surface area contributed by atoms with E-state index in [0.29, 0.717) is 0 Å². The molecule has 3 aromatic rings. The van der Waals surface area contributed by atoms with E-state index in [1.54, 1.807) is 84.9 Å². The molecule has 0 radical (unpaired) electrons. The van der Waals surface area contributed by atoms with E-state index in [4.69, 9.17) is 13.8 Å². The molecule has 0 spiro atoms. The zero-order valence-electron chi connectivity index (χ0n) is 19.2. The fourth-order valence-corrected chi connectivity index (χ4v) is 5.17. The predicted molar refractivity (Wildman–Crippen MR) is 132 cm³/mol. The number of hydrogen-bond acceptors (Lipinski definition) is 6. The standard InChI is InChI=1S/C25H24N3O7P/c29-23(30)18-27-16-17-28(24(27)26-25(31)33-19-20-10-4-1-5-11-20)36(32,34-21-12-6-2-7-13-21)35-22-14-8-3-9-15-22/h1-15H,16-19H2,(H,29,30)/b26-24-. The Morgan fingerprint density at radius 1 is 0.833 bits per heavy atom. The third-order valence-electron chi connectivity index (χ3n) is 5.04. The fourth-order valence-electron chi connectivity index (χ4n) is 3.43. The first kappa shape index (κ1) is 24.8. The van der Waals surface area contributed by atoms with Gasteiger partial charge in [0.05, 0.1) is 6.54 Å². The maximum absolute atomic E-state index is 14.2. The van der Waals surface area contributed by atoms with Crippen LogP contribution >= 0.6 is 7.75 Å². The molecule has 1 saturated heterocycles. The minimum Gasteiger partial charge on any atom is -0.480 e. The summed E-state index contributed by atoms with van der Waals surface area (Å²) in [5.41, 5.74) is 0.752. The lowest BCUT2D eigenvalue weighted by atomic mass is 10.2. The van der Waals surface area contributed by atoms with Gasteiger partial charge in [0.15, 0.2) is 0 Å². The number of amides is 1. The highest BCUT2D eigenvalue weighted by atomic mass is 31.2. The Morgan fingerprint density at radius 2 is 1.36 bits per heavy atom. The van der Waals surface area contributed by atoms with Gasteiger partial charge in [-0.1, -0.05) is 66.7 Å². The molecule has 1 aliphatic rings. The van der Waals surface area contributed by atoms with Crippen molar-refractivity contribution in [3.63, 3.8) is 0 Å². The topological polar surface area (TPSA) is 118 Å². The average Bonchev–Trinajstić information content (AvgIpc) is 3.26. The molecule has 0 bridgehead atoms. The molecule has 10 nitrogen and oxygen atoms in total. The summed E-state index contributed by atoms with van der Waals surface area (Å²) < 4.78 is 32.3. The van der Waals surface area contributed by atoms with Crippen molar-refractivity contribution in [2.45, 2.75) is 6.61 Å². The normalized spacial score (nSPS) is 14.5. The summed E-state index contributed by atoms with van der Waals surface area (Å²) >= 11 is 0. The summed E-state index contributed by atoms with van der Waals surface area (Å²) in [7, 11) is -4.22. The Balaban J connectivity index is 1.65. The largest absolute Gasteiger partial charge is 0.546 e. The van der Waals surface area contributed by atoms with E-state index >= 15 is 0 Å². The van der Waals surface area contributed by atoms with Gasteiger partial charge in [-0.2, -0.15) is 0 Å². The molecule has 0 aromatic heterocycles. The van der Waals surface area contributed by atoms with Gasteiger partial charge in [0, 0.05) is 6.54 Å². The van der Waals surface area contributed by atoms with E-state index in [1.165, 1.54) is 9.57 Å². The van der Waals surface area contributed by atoms with Crippen molar-refractivity contribution in [3.05, 3.63) is 96.6 Å². The van der Waals surface area contributed by atoms with Gasteiger partial charge < -0.3 is 23.8 Å². The number of ether oxygens (including phenoxy) is 1. The molecular weight excluding hydrogens is 485 g/mol. The highest BCUT2D eigenvalue weighted by Gasteiger charge is 2.46. The van der Waals surface area contributed by atoms with E-state index in [1.807, 2.05) is 6.07 Å². The van der Waals surface area contributed by atoms with Crippen LogP contribution in [0.15, 0.2) is 96.0 Å². The molecule has 1 aliphatic heterocycles. The van der Waals surface area contributed by atoms with Crippen LogP contribution in [0.4, 0.5) is 4.79 Å². The van der Waals surface area contributed by atoms with Crippen LogP contribution in [0, 0.1) is 0 Å². The molecule has 1 amide bonds. The summed E-state index contributed by atoms with van der Waals surface area (Å²) in [4.78, 5) is 29.4. The Morgan fingerprint density at radius 3 is 1.89 bits per heavy atom. The molecule has 4 rings (SSSR count). The number of hydrogen-bond donors (Lipinski definition) is 1. The number of para-hydroxylation sites is 2. The van der Waals surface area contributed by atoms with Crippen molar-refractivity contribution in [1.82, 2.24) is 9.57 Å². The van der Waals surface area contributed by atoms with Crippen molar-refractivity contribution in [2.75, 3.05) is 19.6 Å². The first-order valence-electron chi connectivity index (χ1n) is 11.1. The molecule has 1 heterocycles. The van der Waals surface area contributed by atoms with Gasteiger partial charge in [0.1, 0.15) is 24.7 Å². The maximum atomic E-state index is 14.2. The third kappa shape index (κ3) is 6.43. The summed E-state index contributed by atoms with van der Waals surface area (Å²) in [5, 5.41) is 9.37. The molecule has 0 aliphatic carbocycles.